The molecule has 2 unspecified atom stereocenters. The Kier molecular flexibility index (Phi) is 40.2. The quantitative estimate of drug-likeness (QED) is 0.0197. The third kappa shape index (κ3) is 44.1. The molecule has 0 N–H and O–H groups in total. The van der Waals surface area contributed by atoms with Gasteiger partial charge in [0.05, 0.1) is 40.3 Å². The number of nitrogens with zero attached hydrogens (tertiary/aromatic N) is 1. The Morgan fingerprint density at radius 1 is 0.508 bits per heavy atom. The fraction of sp³-hybridized carbons (Fsp3) is 0.635. The van der Waals surface area contributed by atoms with E-state index in [4.69, 9.17) is 18.9 Å². The van der Waals surface area contributed by atoms with Crippen LogP contribution >= 0.6 is 0 Å². The molecule has 0 amide bonds. The Bertz CT molecular complexity index is 1320. The van der Waals surface area contributed by atoms with Gasteiger partial charge in [-0.15, -0.1) is 0 Å². The van der Waals surface area contributed by atoms with E-state index in [0.717, 1.165) is 83.5 Å². The van der Waals surface area contributed by atoms with E-state index < -0.39 is 24.3 Å². The van der Waals surface area contributed by atoms with Gasteiger partial charge in [-0.2, -0.15) is 0 Å². The molecule has 0 aromatic carbocycles. The van der Waals surface area contributed by atoms with Crippen LogP contribution in [0.5, 0.6) is 0 Å². The summed E-state index contributed by atoms with van der Waals surface area (Å²) in [6.07, 6.45) is 53.1. The lowest BCUT2D eigenvalue weighted by Crippen LogP contribution is -2.44. The predicted octanol–water partition coefficient (Wildman–Crippen LogP) is 11.3. The van der Waals surface area contributed by atoms with Gasteiger partial charge in [0.25, 0.3) is 0 Å². The summed E-state index contributed by atoms with van der Waals surface area (Å²) in [5.74, 6) is -2.36. The van der Waals surface area contributed by atoms with Gasteiger partial charge in [0.1, 0.15) is 13.2 Å². The highest BCUT2D eigenvalue weighted by Crippen LogP contribution is 2.12. The number of carboxylic acids is 1. The van der Waals surface area contributed by atoms with Crippen molar-refractivity contribution in [3.05, 3.63) is 97.2 Å². The van der Waals surface area contributed by atoms with Crippen LogP contribution in [-0.2, 0) is 33.3 Å². The van der Waals surface area contributed by atoms with Crippen molar-refractivity contribution in [2.75, 3.05) is 47.5 Å². The maximum atomic E-state index is 12.7. The molecule has 2 atom stereocenters. The first-order chi connectivity index (χ1) is 29.6. The summed E-state index contributed by atoms with van der Waals surface area (Å²) in [5, 5.41) is 11.7. The molecule has 0 aromatic heterocycles. The number of quaternary nitrogens is 1. The lowest BCUT2D eigenvalue weighted by Gasteiger charge is -2.26. The summed E-state index contributed by atoms with van der Waals surface area (Å²) in [4.78, 5) is 36.9. The number of hydrogen-bond donors (Lipinski definition) is 0. The summed E-state index contributed by atoms with van der Waals surface area (Å²) < 4.78 is 22.4. The Labute approximate surface area is 372 Å². The van der Waals surface area contributed by atoms with E-state index in [-0.39, 0.29) is 38.6 Å². The van der Waals surface area contributed by atoms with Crippen molar-refractivity contribution in [3.63, 3.8) is 0 Å². The molecule has 0 bridgehead atoms. The van der Waals surface area contributed by atoms with E-state index in [2.05, 4.69) is 111 Å². The van der Waals surface area contributed by atoms with Crippen LogP contribution in [-0.4, -0.2) is 82.3 Å². The van der Waals surface area contributed by atoms with Gasteiger partial charge in [0, 0.05) is 12.8 Å². The Balaban J connectivity index is 4.43. The summed E-state index contributed by atoms with van der Waals surface area (Å²) in [6, 6.07) is 0. The number of esters is 2. The van der Waals surface area contributed by atoms with Crippen molar-refractivity contribution in [2.24, 2.45) is 0 Å². The Morgan fingerprint density at radius 3 is 1.39 bits per heavy atom. The van der Waals surface area contributed by atoms with Crippen molar-refractivity contribution in [3.8, 4) is 0 Å². The van der Waals surface area contributed by atoms with Crippen LogP contribution in [0, 0.1) is 0 Å². The molecule has 0 radical (unpaired) electrons. The number of aliphatic carboxylic acids is 1. The zero-order chi connectivity index (χ0) is 44.9. The summed E-state index contributed by atoms with van der Waals surface area (Å²) >= 11 is 0. The molecule has 0 aliphatic carbocycles. The molecule has 0 aliphatic heterocycles. The fourth-order valence-corrected chi connectivity index (χ4v) is 5.72. The number of rotatable bonds is 41. The highest BCUT2D eigenvalue weighted by molar-refractivity contribution is 5.70. The zero-order valence-corrected chi connectivity index (χ0v) is 39.0. The first-order valence-corrected chi connectivity index (χ1v) is 23.4. The van der Waals surface area contributed by atoms with Crippen LogP contribution in [0.25, 0.3) is 0 Å². The molecule has 0 rings (SSSR count). The number of ether oxygens (including phenoxy) is 4. The number of likely N-dealkylation sites (N-methyl/N-ethyl adjacent to an activating group) is 1. The van der Waals surface area contributed by atoms with Crippen molar-refractivity contribution in [1.29, 1.82) is 0 Å². The third-order valence-corrected chi connectivity index (χ3v) is 9.35. The van der Waals surface area contributed by atoms with Crippen molar-refractivity contribution >= 4 is 17.9 Å². The Hall–Kier alpha value is -3.79. The molecule has 9 nitrogen and oxygen atoms in total. The van der Waals surface area contributed by atoms with E-state index in [0.29, 0.717) is 17.4 Å². The summed E-state index contributed by atoms with van der Waals surface area (Å²) in [6.45, 7) is 4.52. The summed E-state index contributed by atoms with van der Waals surface area (Å²) in [7, 11) is 5.88. The van der Waals surface area contributed by atoms with Gasteiger partial charge < -0.3 is 33.3 Å². The first kappa shape index (κ1) is 57.2. The normalized spacial score (nSPS) is 13.8. The second-order valence-corrected chi connectivity index (χ2v) is 16.3. The molecule has 0 aliphatic rings. The molecule has 0 heterocycles. The van der Waals surface area contributed by atoms with Crippen LogP contribution in [0.3, 0.4) is 0 Å². The maximum Gasteiger partial charge on any atom is 0.306 e. The highest BCUT2D eigenvalue weighted by Gasteiger charge is 2.21. The molecular weight excluding hydrogens is 767 g/mol. The summed E-state index contributed by atoms with van der Waals surface area (Å²) in [5.41, 5.74) is 0. The number of carboxylic acid groups (broad SMARTS) is 1. The largest absolute Gasteiger partial charge is 0.545 e. The van der Waals surface area contributed by atoms with Crippen LogP contribution in [0.2, 0.25) is 0 Å². The standard InChI is InChI=1S/C52H85NO8/c1-6-8-10-12-14-16-17-18-19-20-21-22-23-24-25-26-27-28-29-30-31-32-33-35-37-39-41-43-50(55)61-48(47-60-52(51(56)57)58-45-44-53(3,4)5)46-59-49(54)42-40-38-36-34-15-13-11-9-7-2/h8,10,14,16,18-19,21-22,24-25,27-28,30-31,33,35,48,52H,6-7,9,11-13,15,17,20,23,26,29,32,34,36-47H2,1-5H3/b10-8-,16-14-,19-18-,22-21-,25-24-,28-27-,31-30-,35-33-. The van der Waals surface area contributed by atoms with Crippen LogP contribution < -0.4 is 5.11 Å². The van der Waals surface area contributed by atoms with Crippen molar-refractivity contribution in [1.82, 2.24) is 0 Å². The van der Waals surface area contributed by atoms with E-state index in [1.54, 1.807) is 0 Å². The maximum absolute atomic E-state index is 12.7. The van der Waals surface area contributed by atoms with Gasteiger partial charge >= 0.3 is 11.9 Å². The highest BCUT2D eigenvalue weighted by atomic mass is 16.7. The lowest BCUT2D eigenvalue weighted by molar-refractivity contribution is -0.870. The molecule has 0 spiro atoms. The average Bonchev–Trinajstić information content (AvgIpc) is 3.22. The molecule has 0 saturated carbocycles. The van der Waals surface area contributed by atoms with Crippen LogP contribution in [0.1, 0.15) is 155 Å². The number of carbonyl (C=O) groups excluding carboxylic acids is 3. The zero-order valence-electron chi connectivity index (χ0n) is 39.0. The SMILES string of the molecule is CC/C=C\C/C=C\C/C=C\C/C=C\C/C=C\C/C=C\C/C=C\C/C=C\CCCCC(=O)OC(COC(=O)CCCCCCCCCCC)COC(OCC[N+](C)(C)C)C(=O)[O-]. The molecule has 0 aromatic rings. The molecular formula is C52H85NO8. The number of carbonyl (C=O) groups is 3. The Morgan fingerprint density at radius 2 is 0.934 bits per heavy atom. The number of hydrogen-bond acceptors (Lipinski definition) is 8. The minimum atomic E-state index is -1.64. The van der Waals surface area contributed by atoms with Gasteiger partial charge in [0.2, 0.25) is 0 Å². The minimum absolute atomic E-state index is 0.134. The first-order valence-electron chi connectivity index (χ1n) is 23.4. The topological polar surface area (TPSA) is 111 Å². The molecule has 346 valence electrons. The smallest absolute Gasteiger partial charge is 0.306 e. The van der Waals surface area contributed by atoms with Gasteiger partial charge in [-0.25, -0.2) is 0 Å². The fourth-order valence-electron chi connectivity index (χ4n) is 5.72. The number of allylic oxidation sites excluding steroid dienone is 16. The third-order valence-electron chi connectivity index (χ3n) is 9.35. The lowest BCUT2D eigenvalue weighted by atomic mass is 10.1. The molecule has 0 fully saturated rings. The van der Waals surface area contributed by atoms with Crippen LogP contribution in [0.4, 0.5) is 0 Å². The minimum Gasteiger partial charge on any atom is -0.545 e. The average molecular weight is 852 g/mol. The molecule has 61 heavy (non-hydrogen) atoms. The van der Waals surface area contributed by atoms with E-state index >= 15 is 0 Å². The van der Waals surface area contributed by atoms with E-state index in [1.807, 2.05) is 21.1 Å². The second kappa shape index (κ2) is 42.9. The van der Waals surface area contributed by atoms with Gasteiger partial charge in [-0.3, -0.25) is 9.59 Å². The monoisotopic (exact) mass is 852 g/mol. The molecule has 0 saturated heterocycles. The van der Waals surface area contributed by atoms with E-state index in [9.17, 15) is 19.5 Å². The number of unbranched alkanes of at least 4 members (excludes halogenated alkanes) is 10. The van der Waals surface area contributed by atoms with E-state index in [1.165, 1.54) is 38.5 Å². The van der Waals surface area contributed by atoms with Crippen LogP contribution in [0.15, 0.2) is 97.2 Å². The van der Waals surface area contributed by atoms with Gasteiger partial charge in [-0.1, -0.05) is 162 Å². The predicted molar refractivity (Wildman–Crippen MR) is 250 cm³/mol. The second-order valence-electron chi connectivity index (χ2n) is 16.3. The van der Waals surface area contributed by atoms with Gasteiger partial charge in [-0.05, 0) is 77.0 Å². The van der Waals surface area contributed by atoms with Crippen molar-refractivity contribution in [2.45, 2.75) is 167 Å². The van der Waals surface area contributed by atoms with Crippen molar-refractivity contribution < 1.29 is 42.9 Å². The van der Waals surface area contributed by atoms with Gasteiger partial charge in [0.15, 0.2) is 12.4 Å². The molecule has 9 heteroatoms.